The maximum absolute atomic E-state index is 12.7. The maximum Gasteiger partial charge on any atom is 0.330 e. The van der Waals surface area contributed by atoms with Gasteiger partial charge in [0.15, 0.2) is 0 Å². The summed E-state index contributed by atoms with van der Waals surface area (Å²) in [5, 5.41) is 1.11. The number of piperazine rings is 1. The highest BCUT2D eigenvalue weighted by Gasteiger charge is 2.36. The number of nitrogens with zero attached hydrogens (tertiary/aromatic N) is 5. The number of para-hydroxylation sites is 1. The Labute approximate surface area is 161 Å². The smallest absolute Gasteiger partial charge is 0.330 e. The number of fused-ring (bicyclic) bond motifs is 1. The molecule has 2 aliphatic heterocycles. The minimum absolute atomic E-state index is 0.0835. The number of hydrogen-bond donors (Lipinski definition) is 0. The average molecular weight is 381 g/mol. The van der Waals surface area contributed by atoms with Crippen molar-refractivity contribution >= 4 is 40.2 Å². The van der Waals surface area contributed by atoms with Crippen molar-refractivity contribution < 1.29 is 19.2 Å². The van der Waals surface area contributed by atoms with Crippen molar-refractivity contribution in [3.63, 3.8) is 0 Å². The molecule has 0 radical (unpaired) electrons. The number of carbonyl (C=O) groups excluding carboxylic acids is 3. The van der Waals surface area contributed by atoms with E-state index in [2.05, 4.69) is 26.8 Å². The van der Waals surface area contributed by atoms with Crippen LogP contribution in [0.25, 0.3) is 16.5 Å². The van der Waals surface area contributed by atoms with Gasteiger partial charge in [-0.15, -0.1) is 0 Å². The molecule has 0 N–H and O–H groups in total. The van der Waals surface area contributed by atoms with Crippen molar-refractivity contribution in [2.24, 2.45) is 0 Å². The van der Waals surface area contributed by atoms with Gasteiger partial charge >= 0.3 is 5.97 Å². The van der Waals surface area contributed by atoms with E-state index in [1.165, 1.54) is 0 Å². The number of carbonyl (C=O) groups is 3. The van der Waals surface area contributed by atoms with Crippen molar-refractivity contribution in [3.8, 4) is 0 Å². The quantitative estimate of drug-likeness (QED) is 0.714. The molecule has 0 saturated carbocycles. The number of amides is 2. The number of hydrogen-bond acceptors (Lipinski definition) is 8. The van der Waals surface area contributed by atoms with Crippen molar-refractivity contribution in [2.45, 2.75) is 6.92 Å². The summed E-state index contributed by atoms with van der Waals surface area (Å²) in [7, 11) is 2.06. The van der Waals surface area contributed by atoms with Crippen LogP contribution in [0.3, 0.4) is 0 Å². The van der Waals surface area contributed by atoms with Crippen molar-refractivity contribution in [1.29, 1.82) is 0 Å². The fourth-order valence-corrected chi connectivity index (χ4v) is 3.26. The Morgan fingerprint density at radius 1 is 1.07 bits per heavy atom. The minimum atomic E-state index is -0.748. The molecule has 1 aromatic carbocycles. The van der Waals surface area contributed by atoms with Crippen molar-refractivity contribution in [3.05, 3.63) is 36.0 Å². The van der Waals surface area contributed by atoms with Gasteiger partial charge in [0.05, 0.1) is 16.8 Å². The van der Waals surface area contributed by atoms with Crippen LogP contribution in [0.15, 0.2) is 30.3 Å². The third-order valence-corrected chi connectivity index (χ3v) is 4.74. The fraction of sp³-hybridized carbons (Fsp3) is 0.316. The monoisotopic (exact) mass is 381 g/mol. The standard InChI is InChI=1S/C19H19N5O4/c1-12(25)28-24-16(26)11-14(18(24)27)17-13-5-3-4-6-15(13)20-19(21-17)23-9-7-22(2)8-10-23/h3-6,11H,7-10H2,1-2H3. The van der Waals surface area contributed by atoms with E-state index in [0.29, 0.717) is 27.6 Å². The van der Waals surface area contributed by atoms with Gasteiger partial charge in [0.25, 0.3) is 11.8 Å². The zero-order valence-electron chi connectivity index (χ0n) is 15.6. The molecule has 2 amide bonds. The Morgan fingerprint density at radius 2 is 1.79 bits per heavy atom. The Kier molecular flexibility index (Phi) is 4.52. The van der Waals surface area contributed by atoms with E-state index >= 15 is 0 Å². The molecule has 0 aliphatic carbocycles. The molecule has 144 valence electrons. The second kappa shape index (κ2) is 7.01. The summed E-state index contributed by atoms with van der Waals surface area (Å²) in [4.78, 5) is 54.3. The Bertz CT molecular complexity index is 1010. The first kappa shape index (κ1) is 18.1. The van der Waals surface area contributed by atoms with Crippen LogP contribution >= 0.6 is 0 Å². The van der Waals surface area contributed by atoms with E-state index in [1.807, 2.05) is 18.2 Å². The van der Waals surface area contributed by atoms with E-state index in [-0.39, 0.29) is 5.57 Å². The lowest BCUT2D eigenvalue weighted by Crippen LogP contribution is -2.45. The summed E-state index contributed by atoms with van der Waals surface area (Å²) in [6.45, 7) is 4.42. The second-order valence-electron chi connectivity index (χ2n) is 6.76. The average Bonchev–Trinajstić information content (AvgIpc) is 2.95. The highest BCUT2D eigenvalue weighted by atomic mass is 16.7. The van der Waals surface area contributed by atoms with Gasteiger partial charge < -0.3 is 14.6 Å². The van der Waals surface area contributed by atoms with Gasteiger partial charge in [-0.3, -0.25) is 9.59 Å². The van der Waals surface area contributed by atoms with Gasteiger partial charge in [0.1, 0.15) is 0 Å². The molecule has 0 atom stereocenters. The SMILES string of the molecule is CC(=O)ON1C(=O)C=C(c2nc(N3CCN(C)CC3)nc3ccccc23)C1=O. The zero-order chi connectivity index (χ0) is 19.8. The highest BCUT2D eigenvalue weighted by molar-refractivity contribution is 6.34. The molecular weight excluding hydrogens is 362 g/mol. The lowest BCUT2D eigenvalue weighted by Gasteiger charge is -2.32. The molecule has 1 fully saturated rings. The number of likely N-dealkylation sites (N-methyl/N-ethyl adjacent to an activating group) is 1. The predicted octanol–water partition coefficient (Wildman–Crippen LogP) is 0.612. The normalized spacial score (nSPS) is 18.0. The molecule has 0 unspecified atom stereocenters. The van der Waals surface area contributed by atoms with Crippen LogP contribution in [0.5, 0.6) is 0 Å². The summed E-state index contributed by atoms with van der Waals surface area (Å²) >= 11 is 0. The molecule has 3 heterocycles. The van der Waals surface area contributed by atoms with Gasteiger partial charge in [0.2, 0.25) is 5.95 Å². The number of benzene rings is 1. The van der Waals surface area contributed by atoms with Crippen LogP contribution in [-0.2, 0) is 19.2 Å². The number of hydroxylamine groups is 2. The molecule has 0 spiro atoms. The Hall–Kier alpha value is -3.33. The molecule has 28 heavy (non-hydrogen) atoms. The van der Waals surface area contributed by atoms with E-state index in [9.17, 15) is 14.4 Å². The van der Waals surface area contributed by atoms with Crippen LogP contribution in [0.1, 0.15) is 12.6 Å². The van der Waals surface area contributed by atoms with E-state index < -0.39 is 17.8 Å². The van der Waals surface area contributed by atoms with Crippen LogP contribution in [-0.4, -0.2) is 70.9 Å². The van der Waals surface area contributed by atoms with Gasteiger partial charge in [-0.2, -0.15) is 0 Å². The fourth-order valence-electron chi connectivity index (χ4n) is 3.26. The molecule has 4 rings (SSSR count). The number of rotatable bonds is 3. The lowest BCUT2D eigenvalue weighted by atomic mass is 10.1. The van der Waals surface area contributed by atoms with Gasteiger partial charge in [-0.25, -0.2) is 14.8 Å². The molecule has 1 aromatic heterocycles. The van der Waals surface area contributed by atoms with Gasteiger partial charge in [-0.1, -0.05) is 23.3 Å². The molecule has 2 aromatic rings. The number of anilines is 1. The first-order valence-electron chi connectivity index (χ1n) is 8.93. The number of imide groups is 1. The first-order valence-corrected chi connectivity index (χ1v) is 8.93. The molecule has 9 heteroatoms. The van der Waals surface area contributed by atoms with Gasteiger partial charge in [0, 0.05) is 44.6 Å². The molecular formula is C19H19N5O4. The van der Waals surface area contributed by atoms with Crippen LogP contribution in [0.4, 0.5) is 5.95 Å². The maximum atomic E-state index is 12.7. The molecule has 1 saturated heterocycles. The van der Waals surface area contributed by atoms with Crippen LogP contribution in [0.2, 0.25) is 0 Å². The third-order valence-electron chi connectivity index (χ3n) is 4.74. The van der Waals surface area contributed by atoms with Gasteiger partial charge in [-0.05, 0) is 13.1 Å². The summed E-state index contributed by atoms with van der Waals surface area (Å²) in [5.74, 6) is -1.66. The second-order valence-corrected chi connectivity index (χ2v) is 6.76. The van der Waals surface area contributed by atoms with Crippen LogP contribution < -0.4 is 4.90 Å². The Morgan fingerprint density at radius 3 is 2.50 bits per heavy atom. The van der Waals surface area contributed by atoms with E-state index in [1.54, 1.807) is 6.07 Å². The summed E-state index contributed by atoms with van der Waals surface area (Å²) in [6, 6.07) is 7.31. The summed E-state index contributed by atoms with van der Waals surface area (Å²) in [6.07, 6.45) is 1.15. The predicted molar refractivity (Wildman–Crippen MR) is 101 cm³/mol. The lowest BCUT2D eigenvalue weighted by molar-refractivity contribution is -0.194. The Balaban J connectivity index is 1.78. The largest absolute Gasteiger partial charge is 0.338 e. The molecule has 9 nitrogen and oxygen atoms in total. The summed E-state index contributed by atoms with van der Waals surface area (Å²) in [5.41, 5.74) is 1.11. The topological polar surface area (TPSA) is 95.9 Å². The van der Waals surface area contributed by atoms with E-state index in [4.69, 9.17) is 4.84 Å². The number of aromatic nitrogens is 2. The highest BCUT2D eigenvalue weighted by Crippen LogP contribution is 2.30. The molecule has 0 bridgehead atoms. The minimum Gasteiger partial charge on any atom is -0.338 e. The third kappa shape index (κ3) is 3.20. The zero-order valence-corrected chi connectivity index (χ0v) is 15.6. The van der Waals surface area contributed by atoms with Crippen molar-refractivity contribution in [2.75, 3.05) is 38.1 Å². The summed E-state index contributed by atoms with van der Waals surface area (Å²) < 4.78 is 0. The first-order chi connectivity index (χ1) is 13.4. The van der Waals surface area contributed by atoms with E-state index in [0.717, 1.165) is 39.2 Å². The van der Waals surface area contributed by atoms with Crippen molar-refractivity contribution in [1.82, 2.24) is 19.9 Å². The molecule has 2 aliphatic rings. The van der Waals surface area contributed by atoms with Crippen LogP contribution in [0, 0.1) is 0 Å².